The first kappa shape index (κ1) is 13.8. The SMILES string of the molecule is CCCS(=O)(=O)CCOc1cccc(N)c1C. The van der Waals surface area contributed by atoms with E-state index in [0.29, 0.717) is 17.9 Å². The summed E-state index contributed by atoms with van der Waals surface area (Å²) < 4.78 is 28.4. The predicted molar refractivity (Wildman–Crippen MR) is 70.0 cm³/mol. The van der Waals surface area contributed by atoms with Crippen LogP contribution in [0.1, 0.15) is 18.9 Å². The molecule has 0 fully saturated rings. The molecule has 0 aromatic heterocycles. The van der Waals surface area contributed by atoms with E-state index in [2.05, 4.69) is 0 Å². The summed E-state index contributed by atoms with van der Waals surface area (Å²) in [4.78, 5) is 0. The third-order valence-electron chi connectivity index (χ3n) is 2.49. The summed E-state index contributed by atoms with van der Waals surface area (Å²) in [6.45, 7) is 3.87. The van der Waals surface area contributed by atoms with E-state index < -0.39 is 9.84 Å². The highest BCUT2D eigenvalue weighted by Crippen LogP contribution is 2.22. The van der Waals surface area contributed by atoms with E-state index in [9.17, 15) is 8.42 Å². The molecule has 0 bridgehead atoms. The summed E-state index contributed by atoms with van der Waals surface area (Å²) in [6, 6.07) is 5.37. The third kappa shape index (κ3) is 4.26. The molecule has 0 radical (unpaired) electrons. The lowest BCUT2D eigenvalue weighted by Crippen LogP contribution is -2.17. The molecule has 5 heteroatoms. The van der Waals surface area contributed by atoms with Crippen LogP contribution in [0.3, 0.4) is 0 Å². The van der Waals surface area contributed by atoms with E-state index >= 15 is 0 Å². The topological polar surface area (TPSA) is 69.4 Å². The Kier molecular flexibility index (Phi) is 4.81. The first-order valence-corrected chi connectivity index (χ1v) is 7.46. The number of ether oxygens (including phenoxy) is 1. The zero-order valence-corrected chi connectivity index (χ0v) is 11.1. The summed E-state index contributed by atoms with van der Waals surface area (Å²) in [5.74, 6) is 0.915. The number of hydrogen-bond donors (Lipinski definition) is 1. The molecular weight excluding hydrogens is 238 g/mol. The second-order valence-corrected chi connectivity index (χ2v) is 6.27. The molecule has 0 saturated heterocycles. The quantitative estimate of drug-likeness (QED) is 0.789. The van der Waals surface area contributed by atoms with Crippen LogP contribution in [0.4, 0.5) is 5.69 Å². The van der Waals surface area contributed by atoms with Crippen LogP contribution in [0.25, 0.3) is 0 Å². The van der Waals surface area contributed by atoms with Crippen LogP contribution in [0.15, 0.2) is 18.2 Å². The van der Waals surface area contributed by atoms with Crippen molar-refractivity contribution < 1.29 is 13.2 Å². The lowest BCUT2D eigenvalue weighted by molar-refractivity contribution is 0.339. The van der Waals surface area contributed by atoms with E-state index in [-0.39, 0.29) is 18.1 Å². The van der Waals surface area contributed by atoms with Crippen molar-refractivity contribution >= 4 is 15.5 Å². The van der Waals surface area contributed by atoms with Crippen molar-refractivity contribution in [2.45, 2.75) is 20.3 Å². The Balaban J connectivity index is 2.55. The van der Waals surface area contributed by atoms with Gasteiger partial charge in [-0.15, -0.1) is 0 Å². The highest BCUT2D eigenvalue weighted by Gasteiger charge is 2.10. The van der Waals surface area contributed by atoms with Crippen molar-refractivity contribution in [1.82, 2.24) is 0 Å². The van der Waals surface area contributed by atoms with Gasteiger partial charge in [-0.3, -0.25) is 0 Å². The Morgan fingerprint density at radius 3 is 2.65 bits per heavy atom. The van der Waals surface area contributed by atoms with E-state index in [0.717, 1.165) is 5.56 Å². The molecule has 1 aromatic carbocycles. The maximum Gasteiger partial charge on any atom is 0.153 e. The molecule has 0 atom stereocenters. The van der Waals surface area contributed by atoms with Gasteiger partial charge in [0.15, 0.2) is 9.84 Å². The van der Waals surface area contributed by atoms with Crippen molar-refractivity contribution in [3.8, 4) is 5.75 Å². The van der Waals surface area contributed by atoms with Crippen molar-refractivity contribution in [2.75, 3.05) is 23.8 Å². The number of rotatable bonds is 6. The second kappa shape index (κ2) is 5.91. The van der Waals surface area contributed by atoms with Crippen molar-refractivity contribution in [2.24, 2.45) is 0 Å². The maximum absolute atomic E-state index is 11.5. The molecule has 1 rings (SSSR count). The van der Waals surface area contributed by atoms with Crippen molar-refractivity contribution in [1.29, 1.82) is 0 Å². The zero-order valence-electron chi connectivity index (χ0n) is 10.3. The van der Waals surface area contributed by atoms with Gasteiger partial charge in [0.25, 0.3) is 0 Å². The second-order valence-electron chi connectivity index (χ2n) is 3.97. The smallest absolute Gasteiger partial charge is 0.153 e. The standard InChI is InChI=1S/C12H19NO3S/c1-3-8-17(14,15)9-7-16-12-6-4-5-11(13)10(12)2/h4-6H,3,7-9,13H2,1-2H3. The monoisotopic (exact) mass is 257 g/mol. The van der Waals surface area contributed by atoms with Crippen LogP contribution < -0.4 is 10.5 Å². The Morgan fingerprint density at radius 1 is 1.29 bits per heavy atom. The van der Waals surface area contributed by atoms with Gasteiger partial charge in [-0.2, -0.15) is 0 Å². The van der Waals surface area contributed by atoms with Gasteiger partial charge in [0, 0.05) is 11.3 Å². The fourth-order valence-corrected chi connectivity index (χ4v) is 2.64. The number of nitrogens with two attached hydrogens (primary N) is 1. The molecule has 96 valence electrons. The fraction of sp³-hybridized carbons (Fsp3) is 0.500. The molecule has 0 aliphatic heterocycles. The molecule has 0 amide bonds. The van der Waals surface area contributed by atoms with E-state index in [1.165, 1.54) is 0 Å². The summed E-state index contributed by atoms with van der Waals surface area (Å²) in [6.07, 6.45) is 0.639. The molecule has 0 unspecified atom stereocenters. The number of benzene rings is 1. The van der Waals surface area contributed by atoms with Gasteiger partial charge >= 0.3 is 0 Å². The number of sulfone groups is 1. The van der Waals surface area contributed by atoms with Crippen LogP contribution in [-0.2, 0) is 9.84 Å². The Hall–Kier alpha value is -1.23. The number of hydrogen-bond acceptors (Lipinski definition) is 4. The third-order valence-corrected chi connectivity index (χ3v) is 4.31. The Labute approximate surface area is 103 Å². The molecule has 0 heterocycles. The number of anilines is 1. The van der Waals surface area contributed by atoms with E-state index in [4.69, 9.17) is 10.5 Å². The van der Waals surface area contributed by atoms with Crippen LogP contribution in [0.5, 0.6) is 5.75 Å². The minimum Gasteiger partial charge on any atom is -0.492 e. The van der Waals surface area contributed by atoms with Gasteiger partial charge in [-0.1, -0.05) is 13.0 Å². The fourth-order valence-electron chi connectivity index (χ4n) is 1.48. The Morgan fingerprint density at radius 2 is 2.00 bits per heavy atom. The van der Waals surface area contributed by atoms with Crippen LogP contribution >= 0.6 is 0 Å². The summed E-state index contributed by atoms with van der Waals surface area (Å²) in [7, 11) is -2.98. The Bertz CT molecular complexity index is 469. The van der Waals surface area contributed by atoms with E-state index in [1.54, 1.807) is 18.2 Å². The largest absolute Gasteiger partial charge is 0.492 e. The first-order valence-electron chi connectivity index (χ1n) is 5.64. The molecule has 0 aliphatic carbocycles. The average Bonchev–Trinajstić information content (AvgIpc) is 2.24. The predicted octanol–water partition coefficient (Wildman–Crippen LogP) is 1.78. The first-order chi connectivity index (χ1) is 7.96. The van der Waals surface area contributed by atoms with Crippen LogP contribution in [0.2, 0.25) is 0 Å². The van der Waals surface area contributed by atoms with E-state index in [1.807, 2.05) is 13.8 Å². The van der Waals surface area contributed by atoms with Crippen LogP contribution in [0, 0.1) is 6.92 Å². The van der Waals surface area contributed by atoms with Gasteiger partial charge in [-0.25, -0.2) is 8.42 Å². The highest BCUT2D eigenvalue weighted by molar-refractivity contribution is 7.91. The minimum atomic E-state index is -2.98. The molecule has 4 nitrogen and oxygen atoms in total. The van der Waals surface area contributed by atoms with Crippen molar-refractivity contribution in [3.63, 3.8) is 0 Å². The molecule has 0 aliphatic rings. The molecule has 0 saturated carbocycles. The van der Waals surface area contributed by atoms with Crippen molar-refractivity contribution in [3.05, 3.63) is 23.8 Å². The molecular formula is C12H19NO3S. The number of nitrogen functional groups attached to an aromatic ring is 1. The van der Waals surface area contributed by atoms with Gasteiger partial charge in [0.05, 0.1) is 11.5 Å². The summed E-state index contributed by atoms with van der Waals surface area (Å²) in [5, 5.41) is 0. The zero-order chi connectivity index (χ0) is 12.9. The van der Waals surface area contributed by atoms with Gasteiger partial charge in [0.1, 0.15) is 12.4 Å². The highest BCUT2D eigenvalue weighted by atomic mass is 32.2. The van der Waals surface area contributed by atoms with Crippen LogP contribution in [-0.4, -0.2) is 26.5 Å². The minimum absolute atomic E-state index is 0.0507. The average molecular weight is 257 g/mol. The normalized spacial score (nSPS) is 11.4. The molecule has 1 aromatic rings. The summed E-state index contributed by atoms with van der Waals surface area (Å²) >= 11 is 0. The lowest BCUT2D eigenvalue weighted by Gasteiger charge is -2.10. The molecule has 0 spiro atoms. The summed E-state index contributed by atoms with van der Waals surface area (Å²) in [5.41, 5.74) is 7.23. The maximum atomic E-state index is 11.5. The van der Waals surface area contributed by atoms with Gasteiger partial charge < -0.3 is 10.5 Å². The molecule has 17 heavy (non-hydrogen) atoms. The lowest BCUT2D eigenvalue weighted by atomic mass is 10.2. The van der Waals surface area contributed by atoms with Gasteiger partial charge in [-0.05, 0) is 25.5 Å². The molecule has 2 N–H and O–H groups in total. The van der Waals surface area contributed by atoms with Gasteiger partial charge in [0.2, 0.25) is 0 Å².